The Morgan fingerprint density at radius 3 is 2.87 bits per heavy atom. The van der Waals surface area contributed by atoms with Crippen molar-refractivity contribution in [3.05, 3.63) is 33.1 Å². The van der Waals surface area contributed by atoms with Crippen molar-refractivity contribution in [3.8, 4) is 0 Å². The smallest absolute Gasteiger partial charge is 0.330 e. The molecule has 0 amide bonds. The van der Waals surface area contributed by atoms with Gasteiger partial charge in [0.1, 0.15) is 6.10 Å². The van der Waals surface area contributed by atoms with E-state index in [4.69, 9.17) is 10.5 Å². The first-order valence-corrected chi connectivity index (χ1v) is 4.46. The Kier molecular flexibility index (Phi) is 2.43. The number of aromatic nitrogens is 2. The highest BCUT2D eigenvalue weighted by molar-refractivity contribution is 4.90. The highest BCUT2D eigenvalue weighted by atomic mass is 16.5. The van der Waals surface area contributed by atoms with E-state index in [0.29, 0.717) is 0 Å². The van der Waals surface area contributed by atoms with E-state index in [1.54, 1.807) is 0 Å². The molecule has 4 N–H and O–H groups in total. The Morgan fingerprint density at radius 1 is 1.60 bits per heavy atom. The molecule has 2 heterocycles. The average Bonchev–Trinajstić information content (AvgIpc) is 2.49. The topological polar surface area (TPSA) is 110 Å². The second-order valence-electron chi connectivity index (χ2n) is 3.40. The Balaban J connectivity index is 2.39. The van der Waals surface area contributed by atoms with Gasteiger partial charge >= 0.3 is 5.69 Å². The van der Waals surface area contributed by atoms with E-state index in [0.717, 1.165) is 4.57 Å². The lowest BCUT2D eigenvalue weighted by Crippen LogP contribution is -2.39. The molecule has 82 valence electrons. The van der Waals surface area contributed by atoms with Crippen LogP contribution < -0.4 is 17.0 Å². The van der Waals surface area contributed by atoms with E-state index < -0.39 is 29.6 Å². The number of rotatable bonds is 1. The van der Waals surface area contributed by atoms with Gasteiger partial charge in [-0.2, -0.15) is 0 Å². The van der Waals surface area contributed by atoms with Crippen LogP contribution in [0.5, 0.6) is 0 Å². The van der Waals surface area contributed by atoms with Crippen LogP contribution in [0, 0.1) is 0 Å². The van der Waals surface area contributed by atoms with E-state index >= 15 is 0 Å². The molecule has 2 rings (SSSR count). The summed E-state index contributed by atoms with van der Waals surface area (Å²) >= 11 is 0. The van der Waals surface area contributed by atoms with Crippen LogP contribution in [0.2, 0.25) is 0 Å². The van der Waals surface area contributed by atoms with Crippen LogP contribution in [0.4, 0.5) is 0 Å². The fraction of sp³-hybridized carbons (Fsp3) is 0.500. The number of aromatic amines is 1. The molecular formula is C8H11N3O4. The number of aliphatic hydroxyl groups is 1. The number of nitrogens with zero attached hydrogens (tertiary/aromatic N) is 1. The molecule has 3 atom stereocenters. The molecule has 0 radical (unpaired) electrons. The molecule has 1 aliphatic heterocycles. The molecule has 1 aromatic rings. The first-order chi connectivity index (χ1) is 7.09. The molecule has 0 saturated carbocycles. The molecule has 1 aliphatic rings. The van der Waals surface area contributed by atoms with Crippen LogP contribution in [0.1, 0.15) is 6.23 Å². The van der Waals surface area contributed by atoms with Crippen molar-refractivity contribution in [2.24, 2.45) is 5.73 Å². The minimum Gasteiger partial charge on any atom is -0.387 e. The van der Waals surface area contributed by atoms with Gasteiger partial charge in [0.05, 0.1) is 12.6 Å². The summed E-state index contributed by atoms with van der Waals surface area (Å²) in [6.45, 7) is 0.178. The maximum absolute atomic E-state index is 11.4. The molecule has 1 saturated heterocycles. The lowest BCUT2D eigenvalue weighted by molar-refractivity contribution is -0.0126. The number of H-pyrrole nitrogens is 1. The van der Waals surface area contributed by atoms with Crippen molar-refractivity contribution in [1.29, 1.82) is 0 Å². The Hall–Kier alpha value is -1.44. The summed E-state index contributed by atoms with van der Waals surface area (Å²) < 4.78 is 6.26. The minimum atomic E-state index is -0.950. The number of ether oxygens (including phenoxy) is 1. The molecule has 0 aromatic carbocycles. The molecule has 7 nitrogen and oxygen atoms in total. The van der Waals surface area contributed by atoms with Crippen LogP contribution >= 0.6 is 0 Å². The van der Waals surface area contributed by atoms with E-state index in [2.05, 4.69) is 4.98 Å². The van der Waals surface area contributed by atoms with Crippen molar-refractivity contribution >= 4 is 0 Å². The van der Waals surface area contributed by atoms with Gasteiger partial charge in [-0.3, -0.25) is 14.3 Å². The third kappa shape index (κ3) is 1.72. The molecule has 0 spiro atoms. The van der Waals surface area contributed by atoms with Crippen molar-refractivity contribution in [3.63, 3.8) is 0 Å². The monoisotopic (exact) mass is 213 g/mol. The van der Waals surface area contributed by atoms with Crippen molar-refractivity contribution in [1.82, 2.24) is 9.55 Å². The zero-order valence-corrected chi connectivity index (χ0v) is 7.79. The Labute approximate surface area is 84.1 Å². The molecule has 0 aliphatic carbocycles. The van der Waals surface area contributed by atoms with Crippen molar-refractivity contribution in [2.75, 3.05) is 6.61 Å². The first kappa shape index (κ1) is 10.1. The molecule has 0 unspecified atom stereocenters. The summed E-state index contributed by atoms with van der Waals surface area (Å²) in [5.41, 5.74) is 4.41. The molecule has 15 heavy (non-hydrogen) atoms. The van der Waals surface area contributed by atoms with Gasteiger partial charge in [-0.15, -0.1) is 0 Å². The molecule has 0 bridgehead atoms. The Morgan fingerprint density at radius 2 is 2.33 bits per heavy atom. The summed E-state index contributed by atoms with van der Waals surface area (Å²) in [6, 6.07) is 0.662. The standard InChI is InChI=1S/C8H11N3O4/c9-4-3-15-7(6(4)13)11-2-1-5(12)10-8(11)14/h1-2,4,6-7,13H,3,9H2,(H,10,12,14)/t4-,6+,7+/m0/s1. The van der Waals surface area contributed by atoms with Crippen LogP contribution in [-0.4, -0.2) is 33.4 Å². The third-order valence-electron chi connectivity index (χ3n) is 2.32. The van der Waals surface area contributed by atoms with Crippen LogP contribution in [0.15, 0.2) is 21.9 Å². The second kappa shape index (κ2) is 3.61. The van der Waals surface area contributed by atoms with E-state index in [-0.39, 0.29) is 6.61 Å². The summed E-state index contributed by atoms with van der Waals surface area (Å²) in [6.07, 6.45) is -0.509. The van der Waals surface area contributed by atoms with Gasteiger partial charge < -0.3 is 15.6 Å². The van der Waals surface area contributed by atoms with Crippen molar-refractivity contribution < 1.29 is 9.84 Å². The highest BCUT2D eigenvalue weighted by Gasteiger charge is 2.35. The minimum absolute atomic E-state index is 0.178. The fourth-order valence-electron chi connectivity index (χ4n) is 1.49. The summed E-state index contributed by atoms with van der Waals surface area (Å²) in [5, 5.41) is 9.60. The molecule has 1 fully saturated rings. The predicted octanol–water partition coefficient (Wildman–Crippen LogP) is -2.25. The van der Waals surface area contributed by atoms with Gasteiger partial charge in [-0.25, -0.2) is 4.79 Å². The lowest BCUT2D eigenvalue weighted by atomic mass is 10.2. The van der Waals surface area contributed by atoms with Gasteiger partial charge in [0.15, 0.2) is 6.23 Å². The third-order valence-corrected chi connectivity index (χ3v) is 2.32. The summed E-state index contributed by atoms with van der Waals surface area (Å²) in [5.74, 6) is 0. The van der Waals surface area contributed by atoms with E-state index in [9.17, 15) is 14.7 Å². The van der Waals surface area contributed by atoms with E-state index in [1.807, 2.05) is 0 Å². The summed E-state index contributed by atoms with van der Waals surface area (Å²) in [7, 11) is 0. The predicted molar refractivity (Wildman–Crippen MR) is 50.3 cm³/mol. The second-order valence-corrected chi connectivity index (χ2v) is 3.40. The number of hydrogen-bond acceptors (Lipinski definition) is 5. The van der Waals surface area contributed by atoms with Gasteiger partial charge in [-0.1, -0.05) is 0 Å². The van der Waals surface area contributed by atoms with E-state index in [1.165, 1.54) is 12.3 Å². The maximum atomic E-state index is 11.4. The number of aliphatic hydroxyl groups excluding tert-OH is 1. The summed E-state index contributed by atoms with van der Waals surface area (Å²) in [4.78, 5) is 24.2. The molecule has 7 heteroatoms. The fourth-order valence-corrected chi connectivity index (χ4v) is 1.49. The maximum Gasteiger partial charge on any atom is 0.330 e. The van der Waals surface area contributed by atoms with Gasteiger partial charge in [0.25, 0.3) is 5.56 Å². The van der Waals surface area contributed by atoms with Gasteiger partial charge in [0.2, 0.25) is 0 Å². The largest absolute Gasteiger partial charge is 0.387 e. The van der Waals surface area contributed by atoms with Crippen LogP contribution in [0.3, 0.4) is 0 Å². The Bertz CT molecular complexity index is 465. The van der Waals surface area contributed by atoms with Crippen LogP contribution in [-0.2, 0) is 4.74 Å². The highest BCUT2D eigenvalue weighted by Crippen LogP contribution is 2.20. The zero-order chi connectivity index (χ0) is 11.0. The number of hydrogen-bond donors (Lipinski definition) is 3. The van der Waals surface area contributed by atoms with Gasteiger partial charge in [-0.05, 0) is 0 Å². The van der Waals surface area contributed by atoms with Crippen molar-refractivity contribution in [2.45, 2.75) is 18.4 Å². The quantitative estimate of drug-likeness (QED) is 0.488. The van der Waals surface area contributed by atoms with Gasteiger partial charge in [0, 0.05) is 12.3 Å². The lowest BCUT2D eigenvalue weighted by Gasteiger charge is -2.16. The first-order valence-electron chi connectivity index (χ1n) is 4.46. The number of nitrogens with two attached hydrogens (primary N) is 1. The zero-order valence-electron chi connectivity index (χ0n) is 7.79. The SMILES string of the molecule is N[C@H]1CO[C@@H](n2ccc(=O)[nH]c2=O)[C@@H]1O. The molecular weight excluding hydrogens is 202 g/mol. The average molecular weight is 213 g/mol. The van der Waals surface area contributed by atoms with Crippen LogP contribution in [0.25, 0.3) is 0 Å². The number of nitrogens with one attached hydrogen (secondary N) is 1. The molecule has 1 aromatic heterocycles. The normalized spacial score (nSPS) is 30.7.